The number of amides is 3. The summed E-state index contributed by atoms with van der Waals surface area (Å²) in [6.07, 6.45) is 4.50. The molecule has 0 aromatic heterocycles. The number of anilines is 1. The fourth-order valence-corrected chi connectivity index (χ4v) is 3.62. The Kier molecular flexibility index (Phi) is 5.02. The van der Waals surface area contributed by atoms with Gasteiger partial charge in [0, 0.05) is 31.2 Å². The van der Waals surface area contributed by atoms with Gasteiger partial charge in [-0.15, -0.1) is 0 Å². The second-order valence-corrected chi connectivity index (χ2v) is 6.58. The minimum Gasteiger partial charge on any atom is -0.333 e. The molecule has 2 aliphatic heterocycles. The van der Waals surface area contributed by atoms with Crippen LogP contribution in [0.5, 0.6) is 0 Å². The maximum atomic E-state index is 13.0. The average molecular weight is 333 g/mol. The van der Waals surface area contributed by atoms with E-state index in [1.54, 1.807) is 17.0 Å². The van der Waals surface area contributed by atoms with E-state index in [1.165, 1.54) is 18.6 Å². The van der Waals surface area contributed by atoms with Crippen LogP contribution in [0.4, 0.5) is 14.9 Å². The van der Waals surface area contributed by atoms with Crippen LogP contribution in [0.1, 0.15) is 39.0 Å². The molecule has 2 aliphatic rings. The normalized spacial score (nSPS) is 24.3. The van der Waals surface area contributed by atoms with Gasteiger partial charge in [0.1, 0.15) is 5.82 Å². The van der Waals surface area contributed by atoms with Crippen LogP contribution >= 0.6 is 0 Å². The van der Waals surface area contributed by atoms with Crippen LogP contribution in [0.25, 0.3) is 0 Å². The third-order valence-electron chi connectivity index (χ3n) is 4.95. The quantitative estimate of drug-likeness (QED) is 0.925. The van der Waals surface area contributed by atoms with Crippen molar-refractivity contribution in [3.05, 3.63) is 30.1 Å². The Morgan fingerprint density at radius 1 is 1.29 bits per heavy atom. The van der Waals surface area contributed by atoms with Gasteiger partial charge in [-0.2, -0.15) is 0 Å². The third kappa shape index (κ3) is 3.52. The van der Waals surface area contributed by atoms with Gasteiger partial charge in [0.05, 0.1) is 6.04 Å². The highest BCUT2D eigenvalue weighted by Crippen LogP contribution is 2.23. The highest BCUT2D eigenvalue weighted by atomic mass is 19.1. The van der Waals surface area contributed by atoms with Crippen LogP contribution in [-0.4, -0.2) is 42.0 Å². The molecule has 1 aromatic rings. The smallest absolute Gasteiger partial charge is 0.317 e. The van der Waals surface area contributed by atoms with E-state index in [-0.39, 0.29) is 30.2 Å². The minimum atomic E-state index is -0.328. The van der Waals surface area contributed by atoms with Crippen LogP contribution in [0, 0.1) is 5.82 Å². The summed E-state index contributed by atoms with van der Waals surface area (Å²) in [6.45, 7) is 3.32. The van der Waals surface area contributed by atoms with Gasteiger partial charge in [-0.3, -0.25) is 4.79 Å². The second-order valence-electron chi connectivity index (χ2n) is 6.58. The summed E-state index contributed by atoms with van der Waals surface area (Å²) in [4.78, 5) is 28.3. The summed E-state index contributed by atoms with van der Waals surface area (Å²) < 4.78 is 13.0. The number of piperidine rings is 1. The lowest BCUT2D eigenvalue weighted by atomic mass is 10.0. The van der Waals surface area contributed by atoms with Crippen LogP contribution in [0.15, 0.2) is 24.3 Å². The number of urea groups is 1. The van der Waals surface area contributed by atoms with E-state index in [2.05, 4.69) is 12.2 Å². The molecule has 0 saturated carbocycles. The lowest BCUT2D eigenvalue weighted by molar-refractivity contribution is -0.117. The van der Waals surface area contributed by atoms with E-state index in [9.17, 15) is 14.0 Å². The first-order chi connectivity index (χ1) is 11.6. The highest BCUT2D eigenvalue weighted by molar-refractivity contribution is 5.96. The third-order valence-corrected chi connectivity index (χ3v) is 4.95. The van der Waals surface area contributed by atoms with Gasteiger partial charge in [0.15, 0.2) is 0 Å². The summed E-state index contributed by atoms with van der Waals surface area (Å²) >= 11 is 0. The van der Waals surface area contributed by atoms with Crippen LogP contribution in [0.2, 0.25) is 0 Å². The Bertz CT molecular complexity index is 605. The zero-order valence-corrected chi connectivity index (χ0v) is 14.0. The highest BCUT2D eigenvalue weighted by Gasteiger charge is 2.34. The van der Waals surface area contributed by atoms with Crippen molar-refractivity contribution in [1.29, 1.82) is 0 Å². The molecule has 3 amide bonds. The van der Waals surface area contributed by atoms with Crippen molar-refractivity contribution in [2.75, 3.05) is 18.0 Å². The molecule has 0 aliphatic carbocycles. The molecule has 2 saturated heterocycles. The Balaban J connectivity index is 1.61. The lowest BCUT2D eigenvalue weighted by Crippen LogP contribution is -2.51. The number of hydrogen-bond acceptors (Lipinski definition) is 2. The number of nitrogens with one attached hydrogen (secondary N) is 1. The fraction of sp³-hybridized carbons (Fsp3) is 0.556. The molecule has 130 valence electrons. The van der Waals surface area contributed by atoms with Crippen molar-refractivity contribution < 1.29 is 14.0 Å². The summed E-state index contributed by atoms with van der Waals surface area (Å²) in [5.41, 5.74) is 0.669. The Morgan fingerprint density at radius 2 is 2.04 bits per heavy atom. The van der Waals surface area contributed by atoms with Gasteiger partial charge in [0.25, 0.3) is 0 Å². The molecule has 0 radical (unpaired) electrons. The molecule has 0 bridgehead atoms. The number of carbonyl (C=O) groups is 2. The zero-order valence-electron chi connectivity index (χ0n) is 14.0. The lowest BCUT2D eigenvalue weighted by Gasteiger charge is -2.35. The topological polar surface area (TPSA) is 52.7 Å². The SMILES string of the molecule is CC[C@@H]1CCCCN1C(=O)N[C@H]1CC(=O)N(c2ccc(F)cc2)C1. The molecule has 0 spiro atoms. The maximum Gasteiger partial charge on any atom is 0.317 e. The molecule has 6 heteroatoms. The van der Waals surface area contributed by atoms with E-state index in [1.807, 2.05) is 4.90 Å². The van der Waals surface area contributed by atoms with Crippen molar-refractivity contribution in [1.82, 2.24) is 10.2 Å². The standard InChI is InChI=1S/C18H24FN3O2/c1-2-15-5-3-4-10-21(15)18(24)20-14-11-17(23)22(12-14)16-8-6-13(19)7-9-16/h6-9,14-15H,2-5,10-12H2,1H3,(H,20,24)/t14-,15+/m0/s1. The van der Waals surface area contributed by atoms with E-state index < -0.39 is 0 Å². The fourth-order valence-electron chi connectivity index (χ4n) is 3.62. The van der Waals surface area contributed by atoms with Gasteiger partial charge >= 0.3 is 6.03 Å². The minimum absolute atomic E-state index is 0.0439. The molecule has 1 aromatic carbocycles. The number of carbonyl (C=O) groups excluding carboxylic acids is 2. The molecule has 24 heavy (non-hydrogen) atoms. The van der Waals surface area contributed by atoms with Crippen molar-refractivity contribution in [2.45, 2.75) is 51.1 Å². The molecule has 5 nitrogen and oxygen atoms in total. The van der Waals surface area contributed by atoms with Gasteiger partial charge in [-0.1, -0.05) is 6.92 Å². The Labute approximate surface area is 141 Å². The van der Waals surface area contributed by atoms with Crippen LogP contribution < -0.4 is 10.2 Å². The number of rotatable bonds is 3. The number of halogens is 1. The monoisotopic (exact) mass is 333 g/mol. The van der Waals surface area contributed by atoms with E-state index in [0.29, 0.717) is 18.3 Å². The van der Waals surface area contributed by atoms with Crippen LogP contribution in [0.3, 0.4) is 0 Å². The zero-order chi connectivity index (χ0) is 17.1. The van der Waals surface area contributed by atoms with Crippen molar-refractivity contribution in [3.63, 3.8) is 0 Å². The summed E-state index contributed by atoms with van der Waals surface area (Å²) in [6, 6.07) is 5.89. The summed E-state index contributed by atoms with van der Waals surface area (Å²) in [5.74, 6) is -0.372. The van der Waals surface area contributed by atoms with E-state index >= 15 is 0 Å². The van der Waals surface area contributed by atoms with Crippen molar-refractivity contribution in [3.8, 4) is 0 Å². The first-order valence-corrected chi connectivity index (χ1v) is 8.71. The first-order valence-electron chi connectivity index (χ1n) is 8.71. The van der Waals surface area contributed by atoms with Gasteiger partial charge < -0.3 is 15.1 Å². The molecule has 2 fully saturated rings. The molecular weight excluding hydrogens is 309 g/mol. The number of hydrogen-bond donors (Lipinski definition) is 1. The van der Waals surface area contributed by atoms with Crippen molar-refractivity contribution >= 4 is 17.6 Å². The molecule has 2 heterocycles. The number of nitrogens with zero attached hydrogens (tertiary/aromatic N) is 2. The molecule has 0 unspecified atom stereocenters. The van der Waals surface area contributed by atoms with Crippen molar-refractivity contribution in [2.24, 2.45) is 0 Å². The first kappa shape index (κ1) is 16.7. The number of likely N-dealkylation sites (tertiary alicyclic amines) is 1. The maximum absolute atomic E-state index is 13.0. The molecular formula is C18H24FN3O2. The van der Waals surface area contributed by atoms with E-state index in [0.717, 1.165) is 25.8 Å². The second kappa shape index (κ2) is 7.20. The molecule has 2 atom stereocenters. The molecule has 3 rings (SSSR count). The average Bonchev–Trinajstić information content (AvgIpc) is 2.95. The Morgan fingerprint density at radius 3 is 2.75 bits per heavy atom. The number of benzene rings is 1. The van der Waals surface area contributed by atoms with Gasteiger partial charge in [0.2, 0.25) is 5.91 Å². The predicted molar refractivity (Wildman–Crippen MR) is 90.3 cm³/mol. The van der Waals surface area contributed by atoms with Crippen LogP contribution in [-0.2, 0) is 4.79 Å². The largest absolute Gasteiger partial charge is 0.333 e. The summed E-state index contributed by atoms with van der Waals surface area (Å²) in [5, 5.41) is 3.00. The Hall–Kier alpha value is -2.11. The summed E-state index contributed by atoms with van der Waals surface area (Å²) in [7, 11) is 0. The van der Waals surface area contributed by atoms with Gasteiger partial charge in [-0.25, -0.2) is 9.18 Å². The van der Waals surface area contributed by atoms with E-state index in [4.69, 9.17) is 0 Å². The predicted octanol–water partition coefficient (Wildman–Crippen LogP) is 2.91. The van der Waals surface area contributed by atoms with Gasteiger partial charge in [-0.05, 0) is 49.9 Å². The molecule has 1 N–H and O–H groups in total.